The van der Waals surface area contributed by atoms with Crippen molar-refractivity contribution in [1.29, 1.82) is 0 Å². The minimum absolute atomic E-state index is 0.506. The van der Waals surface area contributed by atoms with Crippen molar-refractivity contribution in [2.75, 3.05) is 0 Å². The molecule has 0 bridgehead atoms. The van der Waals surface area contributed by atoms with E-state index in [2.05, 4.69) is 76.8 Å². The van der Waals surface area contributed by atoms with Gasteiger partial charge < -0.3 is 4.57 Å². The van der Waals surface area contributed by atoms with Gasteiger partial charge in [0.2, 0.25) is 0 Å². The first-order valence-corrected chi connectivity index (χ1v) is 7.20. The molecule has 0 amide bonds. The van der Waals surface area contributed by atoms with Gasteiger partial charge in [-0.15, -0.1) is 0 Å². The van der Waals surface area contributed by atoms with Gasteiger partial charge in [0.1, 0.15) is 0 Å². The Morgan fingerprint density at radius 2 is 1.78 bits per heavy atom. The number of fused-ring (bicyclic) bond motifs is 3. The summed E-state index contributed by atoms with van der Waals surface area (Å²) in [7, 11) is 0. The molecule has 0 aliphatic heterocycles. The van der Waals surface area contributed by atoms with E-state index in [4.69, 9.17) is 0 Å². The normalized spacial score (nSPS) is 13.3. The van der Waals surface area contributed by atoms with Gasteiger partial charge in [-0.05, 0) is 41.4 Å². The zero-order valence-electron chi connectivity index (χ0n) is 10.7. The third kappa shape index (κ3) is 1.59. The summed E-state index contributed by atoms with van der Waals surface area (Å²) in [5.41, 5.74) is 2.64. The zero-order valence-corrected chi connectivity index (χ0v) is 12.2. The fourth-order valence-electron chi connectivity index (χ4n) is 2.65. The molecular weight excluding hydrogens is 286 g/mol. The third-order valence-corrected chi connectivity index (χ3v) is 4.35. The maximum absolute atomic E-state index is 3.70. The highest BCUT2D eigenvalue weighted by Crippen LogP contribution is 2.36. The molecule has 18 heavy (non-hydrogen) atoms. The minimum atomic E-state index is 0.506. The molecule has 3 aromatic rings. The molecule has 1 aromatic heterocycles. The first-order chi connectivity index (χ1) is 8.74. The summed E-state index contributed by atoms with van der Waals surface area (Å²) in [5, 5.41) is 2.68. The first kappa shape index (κ1) is 11.8. The lowest BCUT2D eigenvalue weighted by molar-refractivity contribution is 0.562. The molecule has 1 unspecified atom stereocenters. The van der Waals surface area contributed by atoms with E-state index < -0.39 is 0 Å². The number of hydrogen-bond acceptors (Lipinski definition) is 0. The van der Waals surface area contributed by atoms with Crippen LogP contribution in [0.5, 0.6) is 0 Å². The second-order valence-corrected chi connectivity index (χ2v) is 5.63. The molecule has 0 aliphatic carbocycles. The lowest BCUT2D eigenvalue weighted by atomic mass is 10.2. The van der Waals surface area contributed by atoms with Crippen LogP contribution in [0.3, 0.4) is 0 Å². The largest absolute Gasteiger partial charge is 0.337 e. The van der Waals surface area contributed by atoms with Gasteiger partial charge in [0.25, 0.3) is 0 Å². The van der Waals surface area contributed by atoms with Crippen molar-refractivity contribution in [3.63, 3.8) is 0 Å². The SMILES string of the molecule is CCC(C)n1c2ccccc2c2cccc(Br)c21. The van der Waals surface area contributed by atoms with Crippen LogP contribution in [0.2, 0.25) is 0 Å². The van der Waals surface area contributed by atoms with Crippen molar-refractivity contribution in [1.82, 2.24) is 4.57 Å². The van der Waals surface area contributed by atoms with Crippen molar-refractivity contribution in [2.24, 2.45) is 0 Å². The summed E-state index contributed by atoms with van der Waals surface area (Å²) in [6.07, 6.45) is 1.13. The lowest BCUT2D eigenvalue weighted by Gasteiger charge is -2.15. The summed E-state index contributed by atoms with van der Waals surface area (Å²) >= 11 is 3.70. The summed E-state index contributed by atoms with van der Waals surface area (Å²) < 4.78 is 3.63. The molecule has 0 saturated carbocycles. The highest BCUT2D eigenvalue weighted by atomic mass is 79.9. The summed E-state index contributed by atoms with van der Waals surface area (Å²) in [4.78, 5) is 0. The number of benzene rings is 2. The molecule has 92 valence electrons. The molecule has 0 spiro atoms. The highest BCUT2D eigenvalue weighted by Gasteiger charge is 2.15. The Kier molecular flexibility index (Phi) is 2.90. The highest BCUT2D eigenvalue weighted by molar-refractivity contribution is 9.10. The zero-order chi connectivity index (χ0) is 12.7. The number of nitrogens with zero attached hydrogens (tertiary/aromatic N) is 1. The smallest absolute Gasteiger partial charge is 0.0638 e. The van der Waals surface area contributed by atoms with Crippen LogP contribution in [-0.4, -0.2) is 4.57 Å². The second kappa shape index (κ2) is 4.43. The summed E-state index contributed by atoms with van der Waals surface area (Å²) in [6.45, 7) is 4.52. The predicted molar refractivity (Wildman–Crippen MR) is 82.1 cm³/mol. The van der Waals surface area contributed by atoms with Crippen LogP contribution in [0.1, 0.15) is 26.3 Å². The maximum Gasteiger partial charge on any atom is 0.0638 e. The molecule has 1 heterocycles. The molecule has 1 nitrogen and oxygen atoms in total. The number of rotatable bonds is 2. The summed E-state index contributed by atoms with van der Waals surface area (Å²) in [6, 6.07) is 15.6. The molecule has 2 aromatic carbocycles. The van der Waals surface area contributed by atoms with Gasteiger partial charge in [-0.25, -0.2) is 0 Å². The molecule has 3 rings (SSSR count). The Bertz CT molecular complexity index is 712. The average Bonchev–Trinajstić information content (AvgIpc) is 2.74. The Morgan fingerprint density at radius 3 is 2.56 bits per heavy atom. The Morgan fingerprint density at radius 1 is 1.06 bits per heavy atom. The van der Waals surface area contributed by atoms with Crippen LogP contribution >= 0.6 is 15.9 Å². The molecule has 0 saturated heterocycles. The minimum Gasteiger partial charge on any atom is -0.337 e. The van der Waals surface area contributed by atoms with Gasteiger partial charge >= 0.3 is 0 Å². The van der Waals surface area contributed by atoms with Crippen molar-refractivity contribution in [2.45, 2.75) is 26.3 Å². The van der Waals surface area contributed by atoms with Crippen molar-refractivity contribution >= 4 is 37.7 Å². The number of hydrogen-bond donors (Lipinski definition) is 0. The van der Waals surface area contributed by atoms with Crippen LogP contribution in [0.15, 0.2) is 46.9 Å². The predicted octanol–water partition coefficient (Wildman–Crippen LogP) is 5.53. The van der Waals surface area contributed by atoms with Gasteiger partial charge in [0.05, 0.1) is 5.52 Å². The van der Waals surface area contributed by atoms with Crippen molar-refractivity contribution in [3.05, 3.63) is 46.9 Å². The van der Waals surface area contributed by atoms with E-state index in [1.54, 1.807) is 0 Å². The van der Waals surface area contributed by atoms with E-state index in [9.17, 15) is 0 Å². The number of halogens is 1. The molecule has 0 N–H and O–H groups in total. The van der Waals surface area contributed by atoms with Crippen LogP contribution in [0.4, 0.5) is 0 Å². The molecular formula is C16H16BrN. The van der Waals surface area contributed by atoms with Gasteiger partial charge in [-0.3, -0.25) is 0 Å². The summed E-state index contributed by atoms with van der Waals surface area (Å²) in [5.74, 6) is 0. The van der Waals surface area contributed by atoms with Crippen LogP contribution in [0.25, 0.3) is 21.8 Å². The first-order valence-electron chi connectivity index (χ1n) is 6.41. The van der Waals surface area contributed by atoms with Crippen LogP contribution in [-0.2, 0) is 0 Å². The van der Waals surface area contributed by atoms with E-state index in [0.29, 0.717) is 6.04 Å². The van der Waals surface area contributed by atoms with Gasteiger partial charge in [-0.2, -0.15) is 0 Å². The molecule has 0 radical (unpaired) electrons. The lowest BCUT2D eigenvalue weighted by Crippen LogP contribution is -2.03. The fraction of sp³-hybridized carbons (Fsp3) is 0.250. The average molecular weight is 302 g/mol. The van der Waals surface area contributed by atoms with E-state index in [-0.39, 0.29) is 0 Å². The van der Waals surface area contributed by atoms with Crippen LogP contribution in [0, 0.1) is 0 Å². The van der Waals surface area contributed by atoms with Gasteiger partial charge in [0, 0.05) is 26.8 Å². The number of aromatic nitrogens is 1. The molecule has 0 fully saturated rings. The standard InChI is InChI=1S/C16H16BrN/c1-3-11(2)18-15-10-5-4-7-12(15)13-8-6-9-14(17)16(13)18/h4-11H,3H2,1-2H3. The Hall–Kier alpha value is -1.28. The third-order valence-electron chi connectivity index (χ3n) is 3.71. The topological polar surface area (TPSA) is 4.93 Å². The Balaban J connectivity index is 2.55. The monoisotopic (exact) mass is 301 g/mol. The van der Waals surface area contributed by atoms with E-state index in [1.807, 2.05) is 0 Å². The molecule has 1 atom stereocenters. The quantitative estimate of drug-likeness (QED) is 0.586. The molecule has 0 aliphatic rings. The van der Waals surface area contributed by atoms with E-state index >= 15 is 0 Å². The number of para-hydroxylation sites is 2. The Labute approximate surface area is 116 Å². The van der Waals surface area contributed by atoms with Gasteiger partial charge in [-0.1, -0.05) is 37.3 Å². The second-order valence-electron chi connectivity index (χ2n) is 4.78. The van der Waals surface area contributed by atoms with E-state index in [1.165, 1.54) is 26.3 Å². The van der Waals surface area contributed by atoms with Crippen LogP contribution < -0.4 is 0 Å². The fourth-order valence-corrected chi connectivity index (χ4v) is 3.21. The molecule has 2 heteroatoms. The van der Waals surface area contributed by atoms with E-state index in [0.717, 1.165) is 6.42 Å². The van der Waals surface area contributed by atoms with Gasteiger partial charge in [0.15, 0.2) is 0 Å². The maximum atomic E-state index is 3.70. The van der Waals surface area contributed by atoms with Crippen molar-refractivity contribution in [3.8, 4) is 0 Å². The van der Waals surface area contributed by atoms with Crippen molar-refractivity contribution < 1.29 is 0 Å².